The summed E-state index contributed by atoms with van der Waals surface area (Å²) in [5.41, 5.74) is 1.56. The maximum absolute atomic E-state index is 11.4. The molecule has 18 heavy (non-hydrogen) atoms. The lowest BCUT2D eigenvalue weighted by atomic mass is 10.1. The zero-order valence-corrected chi connectivity index (χ0v) is 10.3. The quantitative estimate of drug-likeness (QED) is 0.873. The fourth-order valence-corrected chi connectivity index (χ4v) is 2.01. The van der Waals surface area contributed by atoms with E-state index in [2.05, 4.69) is 0 Å². The van der Waals surface area contributed by atoms with Crippen molar-refractivity contribution in [3.63, 3.8) is 0 Å². The Hall–Kier alpha value is -2.23. The van der Waals surface area contributed by atoms with Crippen molar-refractivity contribution in [2.24, 2.45) is 0 Å². The number of carboxylic acids is 1. The van der Waals surface area contributed by atoms with Crippen LogP contribution in [0, 0.1) is 0 Å². The van der Waals surface area contributed by atoms with E-state index in [1.54, 1.807) is 41.1 Å². The summed E-state index contributed by atoms with van der Waals surface area (Å²) in [6.45, 7) is 3.86. The fourth-order valence-electron chi connectivity index (χ4n) is 2.01. The summed E-state index contributed by atoms with van der Waals surface area (Å²) in [5.74, 6) is -0.840. The topological polar surface area (TPSA) is 62.5 Å². The molecule has 4 nitrogen and oxygen atoms in total. The molecule has 0 saturated carbocycles. The maximum Gasteiger partial charge on any atom is 0.353 e. The molecule has 0 radical (unpaired) electrons. The molecule has 0 aliphatic rings. The third-order valence-electron chi connectivity index (χ3n) is 2.83. The summed E-state index contributed by atoms with van der Waals surface area (Å²) in [7, 11) is 0. The van der Waals surface area contributed by atoms with Gasteiger partial charge in [-0.3, -0.25) is 0 Å². The number of phenolic OH excluding ortho intramolecular Hbond substituents is 1. The second-order valence-corrected chi connectivity index (χ2v) is 4.43. The number of benzene rings is 1. The Labute approximate surface area is 105 Å². The molecule has 0 fully saturated rings. The lowest BCUT2D eigenvalue weighted by Crippen LogP contribution is -2.10. The highest BCUT2D eigenvalue weighted by molar-refractivity contribution is 5.94. The van der Waals surface area contributed by atoms with E-state index in [0.717, 1.165) is 0 Å². The van der Waals surface area contributed by atoms with Crippen LogP contribution < -0.4 is 0 Å². The Morgan fingerprint density at radius 1 is 1.28 bits per heavy atom. The van der Waals surface area contributed by atoms with Gasteiger partial charge in [0.1, 0.15) is 11.4 Å². The van der Waals surface area contributed by atoms with E-state index < -0.39 is 5.97 Å². The Kier molecular flexibility index (Phi) is 3.10. The highest BCUT2D eigenvalue weighted by Gasteiger charge is 2.18. The first-order chi connectivity index (χ1) is 8.50. The van der Waals surface area contributed by atoms with E-state index in [0.29, 0.717) is 11.1 Å². The molecular formula is C14H15NO3. The number of carboxylic acid groups (broad SMARTS) is 1. The number of carbonyl (C=O) groups is 1. The number of hydrogen-bond acceptors (Lipinski definition) is 2. The number of phenols is 1. The van der Waals surface area contributed by atoms with Crippen molar-refractivity contribution in [2.75, 3.05) is 0 Å². The average Bonchev–Trinajstić information content (AvgIpc) is 2.73. The SMILES string of the molecule is CC(C)n1ccc(-c2cccc(O)c2)c1C(=O)O. The highest BCUT2D eigenvalue weighted by atomic mass is 16.4. The first-order valence-electron chi connectivity index (χ1n) is 5.74. The van der Waals surface area contributed by atoms with Gasteiger partial charge >= 0.3 is 5.97 Å². The second-order valence-electron chi connectivity index (χ2n) is 4.43. The standard InChI is InChI=1S/C14H15NO3/c1-9(2)15-7-6-12(13(15)14(17)18)10-4-3-5-11(16)8-10/h3-9,16H,1-2H3,(H,17,18). The van der Waals surface area contributed by atoms with Gasteiger partial charge in [-0.25, -0.2) is 4.79 Å². The molecule has 0 bridgehead atoms. The number of aromatic carboxylic acids is 1. The van der Waals surface area contributed by atoms with Gasteiger partial charge in [-0.05, 0) is 37.6 Å². The van der Waals surface area contributed by atoms with Crippen molar-refractivity contribution in [1.29, 1.82) is 0 Å². The summed E-state index contributed by atoms with van der Waals surface area (Å²) in [6, 6.07) is 8.44. The third kappa shape index (κ3) is 2.09. The van der Waals surface area contributed by atoms with Gasteiger partial charge < -0.3 is 14.8 Å². The second kappa shape index (κ2) is 4.56. The summed E-state index contributed by atoms with van der Waals surface area (Å²) in [5, 5.41) is 18.8. The normalized spacial score (nSPS) is 10.8. The highest BCUT2D eigenvalue weighted by Crippen LogP contribution is 2.29. The molecule has 94 valence electrons. The van der Waals surface area contributed by atoms with Crippen molar-refractivity contribution in [2.45, 2.75) is 19.9 Å². The fraction of sp³-hybridized carbons (Fsp3) is 0.214. The molecule has 4 heteroatoms. The van der Waals surface area contributed by atoms with Gasteiger partial charge in [0, 0.05) is 17.8 Å². The number of aromatic hydroxyl groups is 1. The van der Waals surface area contributed by atoms with Crippen LogP contribution in [-0.4, -0.2) is 20.7 Å². The van der Waals surface area contributed by atoms with Crippen molar-refractivity contribution in [3.05, 3.63) is 42.2 Å². The van der Waals surface area contributed by atoms with Crippen LogP contribution in [0.4, 0.5) is 0 Å². The van der Waals surface area contributed by atoms with Crippen LogP contribution in [0.1, 0.15) is 30.4 Å². The molecule has 0 unspecified atom stereocenters. The summed E-state index contributed by atoms with van der Waals surface area (Å²) in [6.07, 6.45) is 1.76. The lowest BCUT2D eigenvalue weighted by molar-refractivity contribution is 0.0684. The van der Waals surface area contributed by atoms with Crippen LogP contribution in [0.25, 0.3) is 11.1 Å². The van der Waals surface area contributed by atoms with Crippen LogP contribution in [0.15, 0.2) is 36.5 Å². The summed E-state index contributed by atoms with van der Waals surface area (Å²) >= 11 is 0. The molecule has 2 aromatic rings. The van der Waals surface area contributed by atoms with Gasteiger partial charge in [0.25, 0.3) is 0 Å². The number of aromatic nitrogens is 1. The Bertz CT molecular complexity index is 584. The Morgan fingerprint density at radius 2 is 2.00 bits per heavy atom. The zero-order chi connectivity index (χ0) is 13.3. The van der Waals surface area contributed by atoms with Gasteiger partial charge in [-0.2, -0.15) is 0 Å². The average molecular weight is 245 g/mol. The number of nitrogens with zero attached hydrogens (tertiary/aromatic N) is 1. The number of hydrogen-bond donors (Lipinski definition) is 2. The largest absolute Gasteiger partial charge is 0.508 e. The summed E-state index contributed by atoms with van der Waals surface area (Å²) < 4.78 is 1.71. The summed E-state index contributed by atoms with van der Waals surface area (Å²) in [4.78, 5) is 11.4. The van der Waals surface area contributed by atoms with Gasteiger partial charge in [0.15, 0.2) is 0 Å². The maximum atomic E-state index is 11.4. The molecule has 0 aliphatic carbocycles. The van der Waals surface area contributed by atoms with E-state index in [4.69, 9.17) is 0 Å². The first-order valence-corrected chi connectivity index (χ1v) is 5.74. The van der Waals surface area contributed by atoms with Crippen molar-refractivity contribution < 1.29 is 15.0 Å². The van der Waals surface area contributed by atoms with Gasteiger partial charge in [0.05, 0.1) is 0 Å². The monoisotopic (exact) mass is 245 g/mol. The van der Waals surface area contributed by atoms with Gasteiger partial charge in [0.2, 0.25) is 0 Å². The zero-order valence-electron chi connectivity index (χ0n) is 10.3. The molecule has 1 heterocycles. The molecule has 0 atom stereocenters. The van der Waals surface area contributed by atoms with Crippen LogP contribution in [0.3, 0.4) is 0 Å². The van der Waals surface area contributed by atoms with Crippen LogP contribution in [0.2, 0.25) is 0 Å². The van der Waals surface area contributed by atoms with Crippen LogP contribution in [0.5, 0.6) is 5.75 Å². The molecule has 0 amide bonds. The number of rotatable bonds is 3. The molecule has 2 rings (SSSR count). The molecule has 2 N–H and O–H groups in total. The smallest absolute Gasteiger partial charge is 0.353 e. The third-order valence-corrected chi connectivity index (χ3v) is 2.83. The minimum Gasteiger partial charge on any atom is -0.508 e. The molecule has 0 saturated heterocycles. The molecule has 1 aromatic carbocycles. The minimum absolute atomic E-state index is 0.0714. The van der Waals surface area contributed by atoms with E-state index >= 15 is 0 Å². The van der Waals surface area contributed by atoms with Crippen molar-refractivity contribution in [3.8, 4) is 16.9 Å². The molecule has 0 aliphatic heterocycles. The van der Waals surface area contributed by atoms with Gasteiger partial charge in [-0.15, -0.1) is 0 Å². The van der Waals surface area contributed by atoms with Crippen molar-refractivity contribution in [1.82, 2.24) is 4.57 Å². The van der Waals surface area contributed by atoms with Crippen LogP contribution >= 0.6 is 0 Å². The van der Waals surface area contributed by atoms with E-state index in [1.165, 1.54) is 0 Å². The minimum atomic E-state index is -0.966. The molecule has 1 aromatic heterocycles. The van der Waals surface area contributed by atoms with Crippen LogP contribution in [-0.2, 0) is 0 Å². The molecular weight excluding hydrogens is 230 g/mol. The Morgan fingerprint density at radius 3 is 2.56 bits per heavy atom. The van der Waals surface area contributed by atoms with Crippen molar-refractivity contribution >= 4 is 5.97 Å². The van der Waals surface area contributed by atoms with E-state index in [1.807, 2.05) is 13.8 Å². The molecule has 0 spiro atoms. The predicted octanol–water partition coefficient (Wildman–Crippen LogP) is 3.14. The lowest BCUT2D eigenvalue weighted by Gasteiger charge is -2.11. The first kappa shape index (κ1) is 12.2. The predicted molar refractivity (Wildman–Crippen MR) is 68.9 cm³/mol. The van der Waals surface area contributed by atoms with E-state index in [-0.39, 0.29) is 17.5 Å². The van der Waals surface area contributed by atoms with Gasteiger partial charge in [-0.1, -0.05) is 12.1 Å². The van der Waals surface area contributed by atoms with E-state index in [9.17, 15) is 15.0 Å². The Balaban J connectivity index is 2.62.